The van der Waals surface area contributed by atoms with Crippen LogP contribution in [0.4, 0.5) is 5.69 Å². The quantitative estimate of drug-likeness (QED) is 0.789. The molecular weight excluding hydrogens is 360 g/mol. The van der Waals surface area contributed by atoms with Crippen molar-refractivity contribution in [2.75, 3.05) is 18.0 Å². The van der Waals surface area contributed by atoms with Gasteiger partial charge < -0.3 is 4.90 Å². The number of anilines is 1. The Labute approximate surface area is 161 Å². The van der Waals surface area contributed by atoms with E-state index in [2.05, 4.69) is 0 Å². The molecule has 1 heterocycles. The lowest BCUT2D eigenvalue weighted by atomic mass is 10.1. The van der Waals surface area contributed by atoms with Crippen molar-refractivity contribution in [1.29, 1.82) is 0 Å². The third-order valence-corrected chi connectivity index (χ3v) is 7.38. The molecule has 1 aliphatic rings. The molecule has 1 amide bonds. The maximum Gasteiger partial charge on any atom is 0.258 e. The predicted molar refractivity (Wildman–Crippen MR) is 108 cm³/mol. The molecule has 0 fully saturated rings. The Kier molecular flexibility index (Phi) is 5.40. The maximum absolute atomic E-state index is 13.2. The van der Waals surface area contributed by atoms with Crippen LogP contribution in [0.25, 0.3) is 0 Å². The summed E-state index contributed by atoms with van der Waals surface area (Å²) in [6.45, 7) is 8.19. The normalized spacial score (nSPS) is 16.6. The fraction of sp³-hybridized carbons (Fsp3) is 0.381. The lowest BCUT2D eigenvalue weighted by Crippen LogP contribution is -2.36. The van der Waals surface area contributed by atoms with E-state index in [0.29, 0.717) is 24.2 Å². The Balaban J connectivity index is 2.03. The first-order chi connectivity index (χ1) is 12.8. The van der Waals surface area contributed by atoms with E-state index in [1.54, 1.807) is 24.0 Å². The van der Waals surface area contributed by atoms with E-state index in [9.17, 15) is 13.2 Å². The SMILES string of the molecule is CCN(CC)S(=O)(=O)c1cc(C(=O)N2c3ccccc3CC2C)ccc1C. The number of amides is 1. The number of nitrogens with zero attached hydrogens (tertiary/aromatic N) is 2. The van der Waals surface area contributed by atoms with Gasteiger partial charge in [0, 0.05) is 30.4 Å². The highest BCUT2D eigenvalue weighted by Crippen LogP contribution is 2.33. The zero-order valence-corrected chi connectivity index (χ0v) is 17.1. The average Bonchev–Trinajstić information content (AvgIpc) is 2.97. The molecule has 0 aliphatic carbocycles. The zero-order valence-electron chi connectivity index (χ0n) is 16.3. The van der Waals surface area contributed by atoms with Gasteiger partial charge in [-0.3, -0.25) is 4.79 Å². The van der Waals surface area contributed by atoms with E-state index in [-0.39, 0.29) is 16.8 Å². The van der Waals surface area contributed by atoms with E-state index in [0.717, 1.165) is 17.7 Å². The van der Waals surface area contributed by atoms with Crippen molar-refractivity contribution in [2.45, 2.75) is 45.1 Å². The second-order valence-electron chi connectivity index (χ2n) is 6.93. The van der Waals surface area contributed by atoms with Gasteiger partial charge in [-0.2, -0.15) is 4.31 Å². The Morgan fingerprint density at radius 1 is 1.15 bits per heavy atom. The maximum atomic E-state index is 13.2. The molecule has 0 saturated carbocycles. The third-order valence-electron chi connectivity index (χ3n) is 5.18. The van der Waals surface area contributed by atoms with Crippen molar-refractivity contribution >= 4 is 21.6 Å². The monoisotopic (exact) mass is 386 g/mol. The van der Waals surface area contributed by atoms with E-state index in [1.807, 2.05) is 45.0 Å². The van der Waals surface area contributed by atoms with Crippen molar-refractivity contribution in [2.24, 2.45) is 0 Å². The molecule has 2 aromatic carbocycles. The highest BCUT2D eigenvalue weighted by molar-refractivity contribution is 7.89. The van der Waals surface area contributed by atoms with Gasteiger partial charge in [0.05, 0.1) is 4.90 Å². The van der Waals surface area contributed by atoms with Gasteiger partial charge in [0.1, 0.15) is 0 Å². The van der Waals surface area contributed by atoms with Gasteiger partial charge in [0.25, 0.3) is 5.91 Å². The minimum absolute atomic E-state index is 0.0408. The van der Waals surface area contributed by atoms with Crippen LogP contribution in [0.5, 0.6) is 0 Å². The summed E-state index contributed by atoms with van der Waals surface area (Å²) in [5, 5.41) is 0. The number of fused-ring (bicyclic) bond motifs is 1. The van der Waals surface area contributed by atoms with Crippen molar-refractivity contribution in [1.82, 2.24) is 4.31 Å². The molecule has 1 aliphatic heterocycles. The number of hydrogen-bond acceptors (Lipinski definition) is 3. The summed E-state index contributed by atoms with van der Waals surface area (Å²) in [6, 6.07) is 12.9. The molecule has 0 N–H and O–H groups in total. The Morgan fingerprint density at radius 3 is 2.48 bits per heavy atom. The molecule has 144 valence electrons. The molecule has 27 heavy (non-hydrogen) atoms. The second kappa shape index (κ2) is 7.44. The topological polar surface area (TPSA) is 57.7 Å². The minimum Gasteiger partial charge on any atom is -0.305 e. The molecule has 2 aromatic rings. The summed E-state index contributed by atoms with van der Waals surface area (Å²) < 4.78 is 27.4. The molecule has 0 saturated heterocycles. The first-order valence-corrected chi connectivity index (χ1v) is 10.8. The molecule has 0 spiro atoms. The van der Waals surface area contributed by atoms with Crippen LogP contribution in [-0.2, 0) is 16.4 Å². The number of para-hydroxylation sites is 1. The zero-order chi connectivity index (χ0) is 19.8. The Bertz CT molecular complexity index is 965. The molecule has 1 unspecified atom stereocenters. The number of sulfonamides is 1. The van der Waals surface area contributed by atoms with Crippen LogP contribution in [-0.4, -0.2) is 37.8 Å². The molecule has 0 radical (unpaired) electrons. The molecule has 1 atom stereocenters. The number of hydrogen-bond donors (Lipinski definition) is 0. The fourth-order valence-electron chi connectivity index (χ4n) is 3.73. The molecule has 3 rings (SSSR count). The number of carbonyl (C=O) groups excluding carboxylic acids is 1. The number of carbonyl (C=O) groups is 1. The summed E-state index contributed by atoms with van der Waals surface area (Å²) >= 11 is 0. The van der Waals surface area contributed by atoms with Gasteiger partial charge >= 0.3 is 0 Å². The highest BCUT2D eigenvalue weighted by atomic mass is 32.2. The van der Waals surface area contributed by atoms with Crippen LogP contribution in [0.3, 0.4) is 0 Å². The second-order valence-corrected chi connectivity index (χ2v) is 8.83. The average molecular weight is 387 g/mol. The van der Waals surface area contributed by atoms with Crippen LogP contribution >= 0.6 is 0 Å². The van der Waals surface area contributed by atoms with Crippen LogP contribution in [0.2, 0.25) is 0 Å². The van der Waals surface area contributed by atoms with E-state index >= 15 is 0 Å². The number of benzene rings is 2. The number of rotatable bonds is 5. The van der Waals surface area contributed by atoms with Crippen LogP contribution in [0.15, 0.2) is 47.4 Å². The van der Waals surface area contributed by atoms with Crippen molar-refractivity contribution in [3.8, 4) is 0 Å². The Hall–Kier alpha value is -2.18. The fourth-order valence-corrected chi connectivity index (χ4v) is 5.44. The standard InChI is InChI=1S/C21H26N2O3S/c1-5-22(6-2)27(25,26)20-14-18(12-11-15(20)3)21(24)23-16(4)13-17-9-7-8-10-19(17)23/h7-12,14,16H,5-6,13H2,1-4H3. The molecular formula is C21H26N2O3S. The van der Waals surface area contributed by atoms with Gasteiger partial charge in [-0.1, -0.05) is 38.1 Å². The smallest absolute Gasteiger partial charge is 0.258 e. The Morgan fingerprint density at radius 2 is 1.81 bits per heavy atom. The third kappa shape index (κ3) is 3.39. The lowest BCUT2D eigenvalue weighted by Gasteiger charge is -2.24. The molecule has 5 nitrogen and oxygen atoms in total. The van der Waals surface area contributed by atoms with Crippen molar-refractivity contribution in [3.63, 3.8) is 0 Å². The van der Waals surface area contributed by atoms with Crippen molar-refractivity contribution < 1.29 is 13.2 Å². The first-order valence-electron chi connectivity index (χ1n) is 9.33. The summed E-state index contributed by atoms with van der Waals surface area (Å²) in [5.74, 6) is -0.163. The van der Waals surface area contributed by atoms with Crippen LogP contribution in [0.1, 0.15) is 42.3 Å². The van der Waals surface area contributed by atoms with E-state index < -0.39 is 10.0 Å². The first kappa shape index (κ1) is 19.6. The molecule has 0 aromatic heterocycles. The summed E-state index contributed by atoms with van der Waals surface area (Å²) in [4.78, 5) is 15.2. The summed E-state index contributed by atoms with van der Waals surface area (Å²) in [6.07, 6.45) is 0.804. The van der Waals surface area contributed by atoms with E-state index in [4.69, 9.17) is 0 Å². The highest BCUT2D eigenvalue weighted by Gasteiger charge is 2.32. The van der Waals surface area contributed by atoms with Gasteiger partial charge in [0.2, 0.25) is 10.0 Å². The predicted octanol–water partition coefficient (Wildman–Crippen LogP) is 3.62. The summed E-state index contributed by atoms with van der Waals surface area (Å²) in [7, 11) is -3.62. The van der Waals surface area contributed by atoms with Crippen LogP contribution in [0, 0.1) is 6.92 Å². The largest absolute Gasteiger partial charge is 0.305 e. The lowest BCUT2D eigenvalue weighted by molar-refractivity contribution is 0.0981. The summed E-state index contributed by atoms with van der Waals surface area (Å²) in [5.41, 5.74) is 3.09. The van der Waals surface area contributed by atoms with Gasteiger partial charge in [-0.15, -0.1) is 0 Å². The van der Waals surface area contributed by atoms with Gasteiger partial charge in [-0.25, -0.2) is 8.42 Å². The van der Waals surface area contributed by atoms with E-state index in [1.165, 1.54) is 10.4 Å². The van der Waals surface area contributed by atoms with Crippen LogP contribution < -0.4 is 4.90 Å². The van der Waals surface area contributed by atoms with Gasteiger partial charge in [-0.05, 0) is 49.6 Å². The molecule has 6 heteroatoms. The molecule has 0 bridgehead atoms. The van der Waals surface area contributed by atoms with Gasteiger partial charge in [0.15, 0.2) is 0 Å². The van der Waals surface area contributed by atoms with Crippen molar-refractivity contribution in [3.05, 3.63) is 59.2 Å². The minimum atomic E-state index is -3.62. The number of aryl methyl sites for hydroxylation is 1.